The van der Waals surface area contributed by atoms with E-state index in [4.69, 9.17) is 4.74 Å². The maximum atomic E-state index is 12.3. The Bertz CT molecular complexity index is 544. The van der Waals surface area contributed by atoms with Crippen molar-refractivity contribution in [2.24, 2.45) is 0 Å². The van der Waals surface area contributed by atoms with Crippen LogP contribution in [0.25, 0.3) is 0 Å². The minimum absolute atomic E-state index is 0.00903. The average molecular weight is 292 g/mol. The molecular formula is C17H24O4. The molecule has 0 spiro atoms. The van der Waals surface area contributed by atoms with Crippen molar-refractivity contribution >= 4 is 11.9 Å². The first-order chi connectivity index (χ1) is 9.71. The zero-order valence-corrected chi connectivity index (χ0v) is 13.4. The minimum Gasteiger partial charge on any atom is -0.478 e. The van der Waals surface area contributed by atoms with Gasteiger partial charge in [0.25, 0.3) is 0 Å². The number of carbonyl (C=O) groups excluding carboxylic acids is 1. The standard InChI is InChI=1S/C17H24O4/c1-6-8-17(4,5)21-16(20)14-9-11(3)12(7-2)10-13(14)15(18)19/h9-10H,6-8H2,1-5H3,(H,18,19). The van der Waals surface area contributed by atoms with Crippen molar-refractivity contribution in [1.29, 1.82) is 0 Å². The largest absolute Gasteiger partial charge is 0.478 e. The summed E-state index contributed by atoms with van der Waals surface area (Å²) in [5, 5.41) is 9.32. The molecule has 0 radical (unpaired) electrons. The molecule has 0 aliphatic rings. The second-order valence-corrected chi connectivity index (χ2v) is 5.88. The third-order valence-corrected chi connectivity index (χ3v) is 3.53. The molecule has 0 aliphatic carbocycles. The summed E-state index contributed by atoms with van der Waals surface area (Å²) < 4.78 is 5.48. The fraction of sp³-hybridized carbons (Fsp3) is 0.529. The van der Waals surface area contributed by atoms with Gasteiger partial charge in [0.15, 0.2) is 0 Å². The molecule has 0 saturated carbocycles. The summed E-state index contributed by atoms with van der Waals surface area (Å²) in [7, 11) is 0. The number of aromatic carboxylic acids is 1. The van der Waals surface area contributed by atoms with Crippen molar-refractivity contribution < 1.29 is 19.4 Å². The molecule has 0 aromatic heterocycles. The first kappa shape index (κ1) is 17.2. The number of ether oxygens (including phenoxy) is 1. The molecular weight excluding hydrogens is 268 g/mol. The number of benzene rings is 1. The number of aryl methyl sites for hydroxylation is 2. The molecule has 4 nitrogen and oxygen atoms in total. The van der Waals surface area contributed by atoms with Crippen molar-refractivity contribution in [3.05, 3.63) is 34.4 Å². The maximum absolute atomic E-state index is 12.3. The van der Waals surface area contributed by atoms with Crippen LogP contribution in [0.4, 0.5) is 0 Å². The lowest BCUT2D eigenvalue weighted by atomic mass is 9.97. The van der Waals surface area contributed by atoms with Crippen LogP contribution in [-0.2, 0) is 11.2 Å². The summed E-state index contributed by atoms with van der Waals surface area (Å²) in [6.07, 6.45) is 2.34. The predicted octanol–water partition coefficient (Wildman–Crippen LogP) is 3.99. The maximum Gasteiger partial charge on any atom is 0.339 e. The zero-order valence-electron chi connectivity index (χ0n) is 13.4. The Labute approximate surface area is 126 Å². The molecule has 116 valence electrons. The predicted molar refractivity (Wildman–Crippen MR) is 81.9 cm³/mol. The van der Waals surface area contributed by atoms with Crippen LogP contribution in [0.15, 0.2) is 12.1 Å². The van der Waals surface area contributed by atoms with Gasteiger partial charge in [-0.25, -0.2) is 9.59 Å². The molecule has 1 aromatic carbocycles. The van der Waals surface area contributed by atoms with Gasteiger partial charge in [-0.2, -0.15) is 0 Å². The highest BCUT2D eigenvalue weighted by Crippen LogP contribution is 2.23. The molecule has 0 bridgehead atoms. The third kappa shape index (κ3) is 4.31. The number of hydrogen-bond donors (Lipinski definition) is 1. The van der Waals surface area contributed by atoms with Crippen LogP contribution in [0.3, 0.4) is 0 Å². The van der Waals surface area contributed by atoms with Crippen LogP contribution < -0.4 is 0 Å². The highest BCUT2D eigenvalue weighted by atomic mass is 16.6. The van der Waals surface area contributed by atoms with Crippen molar-refractivity contribution in [3.8, 4) is 0 Å². The van der Waals surface area contributed by atoms with Crippen LogP contribution in [0, 0.1) is 6.92 Å². The lowest BCUT2D eigenvalue weighted by Crippen LogP contribution is -2.28. The molecule has 0 heterocycles. The van der Waals surface area contributed by atoms with Gasteiger partial charge in [-0.05, 0) is 56.9 Å². The number of carbonyl (C=O) groups is 2. The molecule has 1 aromatic rings. The molecule has 21 heavy (non-hydrogen) atoms. The first-order valence-corrected chi connectivity index (χ1v) is 7.32. The second-order valence-electron chi connectivity index (χ2n) is 5.88. The fourth-order valence-corrected chi connectivity index (χ4v) is 2.44. The van der Waals surface area contributed by atoms with Crippen molar-refractivity contribution in [2.75, 3.05) is 0 Å². The third-order valence-electron chi connectivity index (χ3n) is 3.53. The molecule has 1 N–H and O–H groups in total. The Morgan fingerprint density at radius 2 is 1.81 bits per heavy atom. The van der Waals surface area contributed by atoms with Gasteiger partial charge in [-0.3, -0.25) is 0 Å². The SMILES string of the molecule is CCCC(C)(C)OC(=O)c1cc(C)c(CC)cc1C(=O)O. The van der Waals surface area contributed by atoms with Crippen molar-refractivity contribution in [3.63, 3.8) is 0 Å². The Hall–Kier alpha value is -1.84. The number of hydrogen-bond acceptors (Lipinski definition) is 3. The number of carboxylic acid groups (broad SMARTS) is 1. The topological polar surface area (TPSA) is 63.6 Å². The van der Waals surface area contributed by atoms with E-state index >= 15 is 0 Å². The second kappa shape index (κ2) is 6.74. The molecule has 4 heteroatoms. The van der Waals surface area contributed by atoms with Gasteiger partial charge in [-0.15, -0.1) is 0 Å². The van der Waals surface area contributed by atoms with E-state index < -0.39 is 17.5 Å². The summed E-state index contributed by atoms with van der Waals surface area (Å²) in [6, 6.07) is 3.19. The summed E-state index contributed by atoms with van der Waals surface area (Å²) in [6.45, 7) is 9.51. The number of rotatable bonds is 6. The van der Waals surface area contributed by atoms with Crippen LogP contribution in [0.2, 0.25) is 0 Å². The quantitative estimate of drug-likeness (QED) is 0.805. The Balaban J connectivity index is 3.20. The van der Waals surface area contributed by atoms with Gasteiger partial charge in [0.1, 0.15) is 5.60 Å². The van der Waals surface area contributed by atoms with Gasteiger partial charge in [0.2, 0.25) is 0 Å². The van der Waals surface area contributed by atoms with Crippen LogP contribution >= 0.6 is 0 Å². The van der Waals surface area contributed by atoms with Crippen LogP contribution in [0.5, 0.6) is 0 Å². The molecule has 1 rings (SSSR count). The smallest absolute Gasteiger partial charge is 0.339 e. The molecule has 0 atom stereocenters. The van der Waals surface area contributed by atoms with E-state index in [-0.39, 0.29) is 11.1 Å². The van der Waals surface area contributed by atoms with E-state index in [1.165, 1.54) is 0 Å². The van der Waals surface area contributed by atoms with Gasteiger partial charge in [0, 0.05) is 0 Å². The number of esters is 1. The summed E-state index contributed by atoms with van der Waals surface area (Å²) in [4.78, 5) is 23.7. The molecule has 0 saturated heterocycles. The summed E-state index contributed by atoms with van der Waals surface area (Å²) >= 11 is 0. The molecule has 0 fully saturated rings. The molecule has 0 aliphatic heterocycles. The van der Waals surface area contributed by atoms with Crippen LogP contribution in [0.1, 0.15) is 72.4 Å². The fourth-order valence-electron chi connectivity index (χ4n) is 2.44. The normalized spacial score (nSPS) is 11.3. The van der Waals surface area contributed by atoms with E-state index in [9.17, 15) is 14.7 Å². The monoisotopic (exact) mass is 292 g/mol. The highest BCUT2D eigenvalue weighted by molar-refractivity contribution is 6.03. The van der Waals surface area contributed by atoms with Crippen LogP contribution in [-0.4, -0.2) is 22.6 Å². The summed E-state index contributed by atoms with van der Waals surface area (Å²) in [5.41, 5.74) is 1.37. The van der Waals surface area contributed by atoms with Gasteiger partial charge >= 0.3 is 11.9 Å². The first-order valence-electron chi connectivity index (χ1n) is 7.32. The van der Waals surface area contributed by atoms with E-state index in [0.717, 1.165) is 30.4 Å². The minimum atomic E-state index is -1.11. The van der Waals surface area contributed by atoms with Crippen molar-refractivity contribution in [2.45, 2.75) is 59.5 Å². The Kier molecular flexibility index (Phi) is 5.53. The number of carboxylic acids is 1. The lowest BCUT2D eigenvalue weighted by molar-refractivity contribution is -0.00503. The summed E-state index contributed by atoms with van der Waals surface area (Å²) in [5.74, 6) is -1.68. The van der Waals surface area contributed by atoms with Gasteiger partial charge in [-0.1, -0.05) is 20.3 Å². The van der Waals surface area contributed by atoms with E-state index in [2.05, 4.69) is 0 Å². The zero-order chi connectivity index (χ0) is 16.2. The van der Waals surface area contributed by atoms with Crippen molar-refractivity contribution in [1.82, 2.24) is 0 Å². The molecule has 0 amide bonds. The van der Waals surface area contributed by atoms with E-state index in [0.29, 0.717) is 0 Å². The highest BCUT2D eigenvalue weighted by Gasteiger charge is 2.26. The van der Waals surface area contributed by atoms with Gasteiger partial charge in [0.05, 0.1) is 11.1 Å². The van der Waals surface area contributed by atoms with Gasteiger partial charge < -0.3 is 9.84 Å². The van der Waals surface area contributed by atoms with E-state index in [1.54, 1.807) is 12.1 Å². The lowest BCUT2D eigenvalue weighted by Gasteiger charge is -2.25. The molecule has 0 unspecified atom stereocenters. The van der Waals surface area contributed by atoms with E-state index in [1.807, 2.05) is 34.6 Å². The Morgan fingerprint density at radius 1 is 1.19 bits per heavy atom. The Morgan fingerprint density at radius 3 is 2.29 bits per heavy atom. The average Bonchev–Trinajstić information content (AvgIpc) is 2.37.